The minimum Gasteiger partial charge on any atom is -0.481 e. The van der Waals surface area contributed by atoms with Crippen molar-refractivity contribution in [3.05, 3.63) is 24.3 Å². The average Bonchev–Trinajstić information content (AvgIpc) is 2.95. The third kappa shape index (κ3) is 1.36. The highest BCUT2D eigenvalue weighted by molar-refractivity contribution is 5.86. The molecule has 4 aliphatic carbocycles. The zero-order valence-corrected chi connectivity index (χ0v) is 14.1. The predicted octanol–water partition coefficient (Wildman–Crippen LogP) is 1.03. The Hall–Kier alpha value is -1.66. The Morgan fingerprint density at radius 3 is 2.84 bits per heavy atom. The van der Waals surface area contributed by atoms with Crippen LogP contribution in [-0.2, 0) is 14.3 Å². The lowest BCUT2D eigenvalue weighted by Gasteiger charge is -2.44. The van der Waals surface area contributed by atoms with Crippen LogP contribution in [0.15, 0.2) is 24.3 Å². The van der Waals surface area contributed by atoms with E-state index in [1.807, 2.05) is 0 Å². The third-order valence-electron chi connectivity index (χ3n) is 8.12. The largest absolute Gasteiger partial charge is 0.481 e. The third-order valence-corrected chi connectivity index (χ3v) is 8.12. The number of carbonyl (C=O) groups is 2. The van der Waals surface area contributed by atoms with E-state index in [0.717, 1.165) is 0 Å². The SMILES string of the molecule is C=C1CC23C[C@@]1(O)CCC2C12C=CC(O)C(C)(C(=O)O1)C2[C@@H]3C(=O)O. The lowest BCUT2D eigenvalue weighted by molar-refractivity contribution is -0.163. The fourth-order valence-corrected chi connectivity index (χ4v) is 7.13. The second-order valence-electron chi connectivity index (χ2n) is 8.94. The molecule has 3 N–H and O–H groups in total. The number of aliphatic hydroxyl groups excluding tert-OH is 1. The molecule has 1 aliphatic heterocycles. The Balaban J connectivity index is 1.78. The highest BCUT2D eigenvalue weighted by Gasteiger charge is 2.83. The second-order valence-corrected chi connectivity index (χ2v) is 8.94. The number of carboxylic acids is 1. The van der Waals surface area contributed by atoms with Crippen LogP contribution in [0.5, 0.6) is 0 Å². The van der Waals surface area contributed by atoms with E-state index in [9.17, 15) is 24.9 Å². The van der Waals surface area contributed by atoms with Gasteiger partial charge in [-0.2, -0.15) is 0 Å². The first-order valence-electron chi connectivity index (χ1n) is 8.86. The van der Waals surface area contributed by atoms with Crippen LogP contribution in [0.3, 0.4) is 0 Å². The van der Waals surface area contributed by atoms with Crippen LogP contribution in [0.2, 0.25) is 0 Å². The van der Waals surface area contributed by atoms with Crippen LogP contribution in [-0.4, -0.2) is 44.6 Å². The minimum atomic E-state index is -1.27. The summed E-state index contributed by atoms with van der Waals surface area (Å²) in [4.78, 5) is 25.1. The first kappa shape index (κ1) is 15.6. The van der Waals surface area contributed by atoms with Crippen LogP contribution >= 0.6 is 0 Å². The normalized spacial score (nSPS) is 58.0. The molecule has 6 unspecified atom stereocenters. The summed E-state index contributed by atoms with van der Waals surface area (Å²) in [6, 6.07) is 0. The molecule has 0 aromatic carbocycles. The lowest BCUT2D eigenvalue weighted by Crippen LogP contribution is -2.50. The molecule has 0 radical (unpaired) electrons. The number of fused-ring (bicyclic) bond motifs is 1. The van der Waals surface area contributed by atoms with Crippen molar-refractivity contribution in [3.63, 3.8) is 0 Å². The molecule has 6 nitrogen and oxygen atoms in total. The quantitative estimate of drug-likeness (QED) is 0.484. The topological polar surface area (TPSA) is 104 Å². The molecule has 0 aromatic heterocycles. The number of rotatable bonds is 1. The van der Waals surface area contributed by atoms with Gasteiger partial charge in [-0.15, -0.1) is 0 Å². The number of carboxylic acid groups (broad SMARTS) is 1. The first-order valence-corrected chi connectivity index (χ1v) is 8.86. The van der Waals surface area contributed by atoms with Crippen LogP contribution in [0, 0.1) is 28.6 Å². The molecule has 3 saturated carbocycles. The van der Waals surface area contributed by atoms with Gasteiger partial charge in [0.2, 0.25) is 0 Å². The number of aliphatic carboxylic acids is 1. The summed E-state index contributed by atoms with van der Waals surface area (Å²) in [5.41, 5.74) is -3.29. The smallest absolute Gasteiger partial charge is 0.316 e. The molecule has 5 aliphatic rings. The number of carbonyl (C=O) groups excluding carboxylic acids is 1. The maximum atomic E-state index is 12.7. The summed E-state index contributed by atoms with van der Waals surface area (Å²) in [7, 11) is 0. The number of esters is 1. The van der Waals surface area contributed by atoms with Gasteiger partial charge in [0.15, 0.2) is 0 Å². The molecule has 25 heavy (non-hydrogen) atoms. The van der Waals surface area contributed by atoms with E-state index in [4.69, 9.17) is 4.74 Å². The molecule has 4 bridgehead atoms. The summed E-state index contributed by atoms with van der Waals surface area (Å²) in [5, 5.41) is 31.6. The van der Waals surface area contributed by atoms with Gasteiger partial charge in [-0.05, 0) is 49.7 Å². The monoisotopic (exact) mass is 346 g/mol. The van der Waals surface area contributed by atoms with Crippen molar-refractivity contribution in [3.8, 4) is 0 Å². The fourth-order valence-electron chi connectivity index (χ4n) is 7.13. The van der Waals surface area contributed by atoms with Gasteiger partial charge in [-0.3, -0.25) is 9.59 Å². The average molecular weight is 346 g/mol. The fraction of sp³-hybridized carbons (Fsp3) is 0.684. The molecule has 5 rings (SSSR count). The van der Waals surface area contributed by atoms with E-state index >= 15 is 0 Å². The lowest BCUT2D eigenvalue weighted by atomic mass is 9.61. The van der Waals surface area contributed by atoms with Gasteiger partial charge in [0, 0.05) is 11.8 Å². The van der Waals surface area contributed by atoms with Crippen LogP contribution < -0.4 is 0 Å². The summed E-state index contributed by atoms with van der Waals surface area (Å²) in [6.45, 7) is 5.64. The highest BCUT2D eigenvalue weighted by atomic mass is 16.6. The molecule has 0 aromatic rings. The molecule has 8 atom stereocenters. The summed E-state index contributed by atoms with van der Waals surface area (Å²) in [6.07, 6.45) is 4.11. The van der Waals surface area contributed by atoms with Crippen molar-refractivity contribution >= 4 is 11.9 Å². The molecular formula is C19H22O6. The van der Waals surface area contributed by atoms with Gasteiger partial charge < -0.3 is 20.1 Å². The van der Waals surface area contributed by atoms with Crippen molar-refractivity contribution in [2.75, 3.05) is 0 Å². The zero-order chi connectivity index (χ0) is 18.0. The molecule has 1 heterocycles. The van der Waals surface area contributed by atoms with E-state index < -0.39 is 51.9 Å². The Kier molecular flexibility index (Phi) is 2.50. The summed E-state index contributed by atoms with van der Waals surface area (Å²) < 4.78 is 5.87. The van der Waals surface area contributed by atoms with E-state index in [1.165, 1.54) is 0 Å². The molecule has 1 saturated heterocycles. The number of hydrogen-bond acceptors (Lipinski definition) is 5. The minimum absolute atomic E-state index is 0.180. The Labute approximate surface area is 145 Å². The molecule has 134 valence electrons. The van der Waals surface area contributed by atoms with Gasteiger partial charge in [0.25, 0.3) is 0 Å². The molecular weight excluding hydrogens is 324 g/mol. The predicted molar refractivity (Wildman–Crippen MR) is 85.2 cm³/mol. The van der Waals surface area contributed by atoms with Crippen molar-refractivity contribution in [2.24, 2.45) is 28.6 Å². The Bertz CT molecular complexity index is 772. The van der Waals surface area contributed by atoms with Crippen molar-refractivity contribution in [1.29, 1.82) is 0 Å². The standard InChI is InChI=1S/C19H22O6/c1-9-7-17-8-18(9,24)5-3-10(17)19-6-4-11(20)16(2,15(23)25-19)13(19)12(17)14(21)22/h4,6,10-13,20,24H,1,3,5,7-8H2,2H3,(H,21,22)/t10?,11?,12-,13?,16?,17?,18+,19?/m1/s1. The number of ether oxygens (including phenoxy) is 1. The van der Waals surface area contributed by atoms with Gasteiger partial charge in [0.1, 0.15) is 11.0 Å². The Morgan fingerprint density at radius 2 is 2.16 bits per heavy atom. The number of hydrogen-bond donors (Lipinski definition) is 3. The van der Waals surface area contributed by atoms with Crippen molar-refractivity contribution in [2.45, 2.75) is 49.9 Å². The molecule has 0 amide bonds. The van der Waals surface area contributed by atoms with Crippen LogP contribution in [0.4, 0.5) is 0 Å². The van der Waals surface area contributed by atoms with Crippen LogP contribution in [0.1, 0.15) is 32.6 Å². The highest BCUT2D eigenvalue weighted by Crippen LogP contribution is 2.77. The van der Waals surface area contributed by atoms with Gasteiger partial charge in [-0.25, -0.2) is 0 Å². The van der Waals surface area contributed by atoms with Gasteiger partial charge in [-0.1, -0.05) is 12.7 Å². The zero-order valence-electron chi connectivity index (χ0n) is 14.1. The second kappa shape index (κ2) is 4.01. The molecule has 4 fully saturated rings. The van der Waals surface area contributed by atoms with E-state index in [-0.39, 0.29) is 5.92 Å². The van der Waals surface area contributed by atoms with Gasteiger partial charge >= 0.3 is 11.9 Å². The van der Waals surface area contributed by atoms with Crippen molar-refractivity contribution < 1.29 is 29.6 Å². The first-order chi connectivity index (χ1) is 11.6. The molecule has 1 spiro atoms. The van der Waals surface area contributed by atoms with E-state index in [2.05, 4.69) is 6.58 Å². The van der Waals surface area contributed by atoms with E-state index in [1.54, 1.807) is 19.1 Å². The Morgan fingerprint density at radius 1 is 1.44 bits per heavy atom. The molecule has 6 heteroatoms. The van der Waals surface area contributed by atoms with Crippen molar-refractivity contribution in [1.82, 2.24) is 0 Å². The summed E-state index contributed by atoms with van der Waals surface area (Å²) in [5.74, 6) is -3.18. The van der Waals surface area contributed by atoms with Crippen LogP contribution in [0.25, 0.3) is 0 Å². The number of aliphatic hydroxyl groups is 2. The summed E-state index contributed by atoms with van der Waals surface area (Å²) >= 11 is 0. The van der Waals surface area contributed by atoms with E-state index in [0.29, 0.717) is 31.3 Å². The maximum absolute atomic E-state index is 12.7. The maximum Gasteiger partial charge on any atom is 0.316 e. The van der Waals surface area contributed by atoms with Gasteiger partial charge in [0.05, 0.1) is 17.6 Å².